The average Bonchev–Trinajstić information content (AvgIpc) is 0.722. The Morgan fingerprint density at radius 2 is 1.43 bits per heavy atom. The second kappa shape index (κ2) is 4.91. The third-order valence-electron chi connectivity index (χ3n) is 0. The maximum atomic E-state index is 8.70. The summed E-state index contributed by atoms with van der Waals surface area (Å²) < 4.78 is 33.1. The monoisotopic (exact) mass is 186 g/mol. The minimum atomic E-state index is -5.50. The molecule has 0 aliphatic heterocycles. The molecule has 0 saturated heterocycles. The zero-order chi connectivity index (χ0) is 4.50. The van der Waals surface area contributed by atoms with E-state index >= 15 is 0 Å². The predicted octanol–water partition coefficient (Wildman–Crippen LogP) is -2.58. The molecule has 0 heterocycles. The van der Waals surface area contributed by atoms with Crippen molar-refractivity contribution >= 4 is 36.4 Å². The van der Waals surface area contributed by atoms with Gasteiger partial charge in [0.25, 0.3) is 0 Å². The van der Waals surface area contributed by atoms with Crippen LogP contribution in [0.15, 0.2) is 0 Å². The second-order valence-corrected chi connectivity index (χ2v) is 2.22. The number of hydrogen-bond donors (Lipinski definition) is 2. The molecule has 0 aliphatic rings. The Morgan fingerprint density at radius 1 is 1.43 bits per heavy atom. The zero-order valence-electron chi connectivity index (χ0n) is 3.49. The van der Waals surface area contributed by atoms with Gasteiger partial charge in [0.15, 0.2) is 0 Å². The molecule has 0 fully saturated rings. The quantitative estimate of drug-likeness (QED) is 0.402. The van der Waals surface area contributed by atoms with Crippen LogP contribution >= 0.6 is 0 Å². The van der Waals surface area contributed by atoms with Gasteiger partial charge in [-0.25, -0.2) is 0 Å². The molecule has 0 rings (SSSR count). The molecule has 5 nitrogen and oxygen atoms in total. The molecular weight excluding hydrogens is 181 g/mol. The van der Waals surface area contributed by atoms with Crippen LogP contribution in [0.5, 0.6) is 0 Å². The van der Waals surface area contributed by atoms with E-state index in [4.69, 9.17) is 16.0 Å². The van der Waals surface area contributed by atoms with Gasteiger partial charge in [0.2, 0.25) is 0 Å². The van der Waals surface area contributed by atoms with Crippen molar-refractivity contribution in [2.75, 3.05) is 0 Å². The van der Waals surface area contributed by atoms with Crippen LogP contribution in [0, 0.1) is 0 Å². The SMILES string of the molecule is N.O=[Se](=O)([O-])O.[Mg+]. The first-order chi connectivity index (χ1) is 2.00. The first-order valence-electron chi connectivity index (χ1n) is 0.683. The first-order valence-corrected chi connectivity index (χ1v) is 3.55. The summed E-state index contributed by atoms with van der Waals surface area (Å²) in [5.74, 6) is 0. The van der Waals surface area contributed by atoms with Gasteiger partial charge < -0.3 is 6.15 Å². The van der Waals surface area contributed by atoms with Crippen LogP contribution < -0.4 is 10.3 Å². The Labute approximate surface area is 58.7 Å². The molecule has 1 radical (unpaired) electrons. The van der Waals surface area contributed by atoms with Gasteiger partial charge in [0, 0.05) is 0 Å². The van der Waals surface area contributed by atoms with E-state index < -0.39 is 13.4 Å². The van der Waals surface area contributed by atoms with Crippen molar-refractivity contribution in [3.8, 4) is 0 Å². The normalized spacial score (nSPS) is 8.29. The van der Waals surface area contributed by atoms with E-state index in [1.165, 1.54) is 0 Å². The van der Waals surface area contributed by atoms with E-state index in [0.717, 1.165) is 0 Å². The van der Waals surface area contributed by atoms with Crippen LogP contribution in [-0.4, -0.2) is 40.6 Å². The molecule has 0 aromatic rings. The molecule has 0 unspecified atom stereocenters. The summed E-state index contributed by atoms with van der Waals surface area (Å²) in [5, 5.41) is 0. The van der Waals surface area contributed by atoms with Crippen molar-refractivity contribution in [2.45, 2.75) is 0 Å². The number of rotatable bonds is 0. The van der Waals surface area contributed by atoms with E-state index in [0.29, 0.717) is 0 Å². The van der Waals surface area contributed by atoms with Gasteiger partial charge in [-0.3, -0.25) is 0 Å². The molecule has 0 bridgehead atoms. The minimum absolute atomic E-state index is 0. The molecule has 0 aliphatic carbocycles. The predicted molar refractivity (Wildman–Crippen MR) is 20.1 cm³/mol. The van der Waals surface area contributed by atoms with Crippen LogP contribution in [0.3, 0.4) is 0 Å². The summed E-state index contributed by atoms with van der Waals surface area (Å²) in [6.45, 7) is 0. The van der Waals surface area contributed by atoms with Crippen LogP contribution in [0.2, 0.25) is 0 Å². The van der Waals surface area contributed by atoms with Crippen molar-refractivity contribution < 1.29 is 16.0 Å². The smallest absolute Gasteiger partial charge is 1.00 e. The van der Waals surface area contributed by atoms with Gasteiger partial charge in [-0.1, -0.05) is 0 Å². The van der Waals surface area contributed by atoms with E-state index in [2.05, 4.69) is 0 Å². The second-order valence-electron chi connectivity index (χ2n) is 0.428. The van der Waals surface area contributed by atoms with Gasteiger partial charge in [-0.15, -0.1) is 0 Å². The molecule has 7 heteroatoms. The molecule has 0 aromatic heterocycles. The first kappa shape index (κ1) is 15.7. The molecule has 0 saturated carbocycles. The van der Waals surface area contributed by atoms with Crippen molar-refractivity contribution in [3.63, 3.8) is 0 Å². The average molecular weight is 185 g/mol. The van der Waals surface area contributed by atoms with Crippen LogP contribution in [0.25, 0.3) is 0 Å². The van der Waals surface area contributed by atoms with Crippen molar-refractivity contribution in [3.05, 3.63) is 0 Å². The minimum Gasteiger partial charge on any atom is 1.00 e. The zero-order valence-corrected chi connectivity index (χ0v) is 6.62. The maximum absolute atomic E-state index is 8.70. The third kappa shape index (κ3) is 262. The van der Waals surface area contributed by atoms with Gasteiger partial charge in [0.05, 0.1) is 0 Å². The molecular formula is H4MgNO4Se. The van der Waals surface area contributed by atoms with E-state index in [1.54, 1.807) is 0 Å². The molecule has 0 amide bonds. The maximum Gasteiger partial charge on any atom is 1.00 e. The van der Waals surface area contributed by atoms with Crippen molar-refractivity contribution in [1.29, 1.82) is 0 Å². The fraction of sp³-hybridized carbons (Fsp3) is 0. The summed E-state index contributed by atoms with van der Waals surface area (Å²) in [4.78, 5) is 0. The van der Waals surface area contributed by atoms with Gasteiger partial charge in [0.1, 0.15) is 0 Å². The van der Waals surface area contributed by atoms with E-state index in [9.17, 15) is 0 Å². The number of hydrogen-bond acceptors (Lipinski definition) is 4. The summed E-state index contributed by atoms with van der Waals surface area (Å²) in [6, 6.07) is 0. The standard InChI is InChI=1S/Mg.H3N.H2O4Se/c;;1-5(2,3)4/h;1H3;(H2,1,2,3,4)/q+1;;/p-1. The Balaban J connectivity index is -0.0000000800. The molecule has 4 N–H and O–H groups in total. The summed E-state index contributed by atoms with van der Waals surface area (Å²) in [7, 11) is 0. The summed E-state index contributed by atoms with van der Waals surface area (Å²) in [6.07, 6.45) is 0. The van der Waals surface area contributed by atoms with Gasteiger partial charge >= 0.3 is 52.5 Å². The Hall–Kier alpha value is 0.766. The summed E-state index contributed by atoms with van der Waals surface area (Å²) >= 11 is -5.50. The molecule has 7 heavy (non-hydrogen) atoms. The molecule has 0 atom stereocenters. The topological polar surface area (TPSA) is 112 Å². The third-order valence-corrected chi connectivity index (χ3v) is 0. The molecule has 0 aromatic carbocycles. The van der Waals surface area contributed by atoms with E-state index in [1.807, 2.05) is 0 Å². The largest absolute Gasteiger partial charge is 1.00 e. The summed E-state index contributed by atoms with van der Waals surface area (Å²) in [5.41, 5.74) is 0. The van der Waals surface area contributed by atoms with Crippen LogP contribution in [0.1, 0.15) is 0 Å². The molecule has 41 valence electrons. The van der Waals surface area contributed by atoms with Gasteiger partial charge in [-0.2, -0.15) is 0 Å². The Kier molecular flexibility index (Phi) is 11.0. The molecule has 0 spiro atoms. The van der Waals surface area contributed by atoms with Crippen molar-refractivity contribution in [1.82, 2.24) is 6.15 Å². The fourth-order valence-electron chi connectivity index (χ4n) is 0. The van der Waals surface area contributed by atoms with Crippen LogP contribution in [-0.2, 0) is 7.67 Å². The Morgan fingerprint density at radius 3 is 1.43 bits per heavy atom. The van der Waals surface area contributed by atoms with E-state index in [-0.39, 0.29) is 29.2 Å². The van der Waals surface area contributed by atoms with Crippen LogP contribution in [0.4, 0.5) is 0 Å². The van der Waals surface area contributed by atoms with Gasteiger partial charge in [-0.05, 0) is 0 Å². The Bertz CT molecular complexity index is 94.9. The fourth-order valence-corrected chi connectivity index (χ4v) is 0. The van der Waals surface area contributed by atoms with Crippen molar-refractivity contribution in [2.24, 2.45) is 0 Å².